The van der Waals surface area contributed by atoms with Crippen molar-refractivity contribution in [1.82, 2.24) is 4.90 Å². The number of aliphatic imine (C=N–C) groups is 1. The summed E-state index contributed by atoms with van der Waals surface area (Å²) in [4.78, 5) is 32.6. The minimum atomic E-state index is -0.352. The lowest BCUT2D eigenvalue weighted by molar-refractivity contribution is -0.124. The largest absolute Gasteiger partial charge is 0.338 e. The molecule has 0 saturated carbocycles. The molecule has 1 aliphatic rings. The van der Waals surface area contributed by atoms with Crippen LogP contribution in [0.4, 0.5) is 0 Å². The van der Waals surface area contributed by atoms with E-state index in [-0.39, 0.29) is 11.8 Å². The van der Waals surface area contributed by atoms with E-state index in [1.54, 1.807) is 35.6 Å². The van der Waals surface area contributed by atoms with Gasteiger partial charge in [-0.05, 0) is 36.4 Å². The van der Waals surface area contributed by atoms with E-state index in [1.807, 2.05) is 28.5 Å². The monoisotopic (exact) mass is 354 g/mol. The lowest BCUT2D eigenvalue weighted by atomic mass is 10.1. The van der Waals surface area contributed by atoms with Crippen LogP contribution in [0.15, 0.2) is 52.8 Å². The zero-order valence-electron chi connectivity index (χ0n) is 14.2. The Kier molecular flexibility index (Phi) is 6.12. The standard InChI is InChI=1S/C20H22N2O2S/c23-19(16-9-4-3-5-10-16)21-18(15-17-11-8-14-25-17)20(24)22-12-6-1-2-7-13-22/h3-5,8-11,14H,1-2,6-7,12-13,15H2. The van der Waals surface area contributed by atoms with E-state index >= 15 is 0 Å². The molecular formula is C20H22N2O2S. The van der Waals surface area contributed by atoms with Gasteiger partial charge in [0.1, 0.15) is 5.71 Å². The topological polar surface area (TPSA) is 49.7 Å². The van der Waals surface area contributed by atoms with Gasteiger partial charge in [-0.25, -0.2) is 4.99 Å². The van der Waals surface area contributed by atoms with Crippen LogP contribution in [0.25, 0.3) is 0 Å². The zero-order chi connectivity index (χ0) is 17.5. The number of carbonyl (C=O) groups excluding carboxylic acids is 2. The Balaban J connectivity index is 1.84. The molecule has 0 radical (unpaired) electrons. The van der Waals surface area contributed by atoms with E-state index in [0.29, 0.717) is 17.7 Å². The number of hydrogen-bond acceptors (Lipinski definition) is 3. The maximum Gasteiger partial charge on any atom is 0.277 e. The van der Waals surface area contributed by atoms with Gasteiger partial charge in [0.15, 0.2) is 0 Å². The Morgan fingerprint density at radius 3 is 2.32 bits per heavy atom. The average molecular weight is 354 g/mol. The summed E-state index contributed by atoms with van der Waals surface area (Å²) in [5.74, 6) is -0.449. The van der Waals surface area contributed by atoms with Crippen molar-refractivity contribution in [3.63, 3.8) is 0 Å². The molecule has 4 nitrogen and oxygen atoms in total. The number of nitrogens with zero attached hydrogens (tertiary/aromatic N) is 2. The molecule has 1 aromatic carbocycles. The smallest absolute Gasteiger partial charge is 0.277 e. The highest BCUT2D eigenvalue weighted by atomic mass is 32.1. The molecule has 1 fully saturated rings. The normalized spacial score (nSPS) is 15.7. The summed E-state index contributed by atoms with van der Waals surface area (Å²) < 4.78 is 0. The summed E-state index contributed by atoms with van der Waals surface area (Å²) in [7, 11) is 0. The van der Waals surface area contributed by atoms with Gasteiger partial charge in [0.05, 0.1) is 0 Å². The van der Waals surface area contributed by atoms with Crippen molar-refractivity contribution < 1.29 is 9.59 Å². The van der Waals surface area contributed by atoms with Crippen LogP contribution >= 0.6 is 11.3 Å². The number of hydrogen-bond donors (Lipinski definition) is 0. The summed E-state index contributed by atoms with van der Waals surface area (Å²) in [6.45, 7) is 1.50. The SMILES string of the molecule is O=C(N=C(Cc1cccs1)C(=O)N1CCCCCC1)c1ccccc1. The number of amides is 2. The Morgan fingerprint density at radius 2 is 1.68 bits per heavy atom. The molecule has 1 saturated heterocycles. The maximum absolute atomic E-state index is 13.0. The molecule has 0 bridgehead atoms. The quantitative estimate of drug-likeness (QED) is 0.780. The van der Waals surface area contributed by atoms with Crippen molar-refractivity contribution in [3.05, 3.63) is 58.3 Å². The third kappa shape index (κ3) is 4.86. The third-order valence-corrected chi connectivity index (χ3v) is 5.20. The minimum Gasteiger partial charge on any atom is -0.338 e. The predicted molar refractivity (Wildman–Crippen MR) is 101 cm³/mol. The Hall–Kier alpha value is -2.27. The van der Waals surface area contributed by atoms with E-state index in [1.165, 1.54) is 0 Å². The van der Waals surface area contributed by atoms with Crippen LogP contribution in [-0.4, -0.2) is 35.5 Å². The molecule has 0 aliphatic carbocycles. The highest BCUT2D eigenvalue weighted by molar-refractivity contribution is 7.10. The predicted octanol–water partition coefficient (Wildman–Crippen LogP) is 3.97. The summed E-state index contributed by atoms with van der Waals surface area (Å²) >= 11 is 1.58. The molecule has 2 amide bonds. The molecule has 0 atom stereocenters. The first-order valence-corrected chi connectivity index (χ1v) is 9.60. The van der Waals surface area contributed by atoms with Gasteiger partial charge in [-0.3, -0.25) is 9.59 Å². The fourth-order valence-electron chi connectivity index (χ4n) is 2.97. The van der Waals surface area contributed by atoms with Crippen LogP contribution in [0.2, 0.25) is 0 Å². The number of benzene rings is 1. The summed E-state index contributed by atoms with van der Waals surface area (Å²) in [6, 6.07) is 12.8. The molecule has 1 aromatic heterocycles. The van der Waals surface area contributed by atoms with E-state index in [9.17, 15) is 9.59 Å². The van der Waals surface area contributed by atoms with Crippen molar-refractivity contribution in [3.8, 4) is 0 Å². The second-order valence-corrected chi connectivity index (χ2v) is 7.22. The summed E-state index contributed by atoms with van der Waals surface area (Å²) in [5.41, 5.74) is 0.855. The molecule has 25 heavy (non-hydrogen) atoms. The lowest BCUT2D eigenvalue weighted by Gasteiger charge is -2.21. The molecule has 0 N–H and O–H groups in total. The van der Waals surface area contributed by atoms with Gasteiger partial charge < -0.3 is 4.90 Å². The molecule has 0 unspecified atom stereocenters. The van der Waals surface area contributed by atoms with Crippen molar-refractivity contribution in [2.75, 3.05) is 13.1 Å². The van der Waals surface area contributed by atoms with Gasteiger partial charge in [-0.2, -0.15) is 0 Å². The maximum atomic E-state index is 13.0. The van der Waals surface area contributed by atoms with Crippen molar-refractivity contribution >= 4 is 28.9 Å². The highest BCUT2D eigenvalue weighted by Crippen LogP contribution is 2.15. The van der Waals surface area contributed by atoms with Crippen molar-refractivity contribution in [2.24, 2.45) is 4.99 Å². The minimum absolute atomic E-state index is 0.0976. The molecule has 1 aliphatic heterocycles. The van der Waals surface area contributed by atoms with Crippen LogP contribution in [0, 0.1) is 0 Å². The zero-order valence-corrected chi connectivity index (χ0v) is 15.0. The Morgan fingerprint density at radius 1 is 0.960 bits per heavy atom. The van der Waals surface area contributed by atoms with Crippen LogP contribution in [-0.2, 0) is 11.2 Å². The van der Waals surface area contributed by atoms with Crippen LogP contribution in [0.3, 0.4) is 0 Å². The van der Waals surface area contributed by atoms with Gasteiger partial charge in [-0.1, -0.05) is 37.1 Å². The van der Waals surface area contributed by atoms with Crippen molar-refractivity contribution in [1.29, 1.82) is 0 Å². The first-order chi connectivity index (χ1) is 12.2. The molecule has 2 aromatic rings. The molecular weight excluding hydrogens is 332 g/mol. The molecule has 2 heterocycles. The van der Waals surface area contributed by atoms with Gasteiger partial charge in [0, 0.05) is 30.0 Å². The van der Waals surface area contributed by atoms with E-state index < -0.39 is 0 Å². The molecule has 5 heteroatoms. The number of thiophene rings is 1. The number of likely N-dealkylation sites (tertiary alicyclic amines) is 1. The van der Waals surface area contributed by atoms with Crippen molar-refractivity contribution in [2.45, 2.75) is 32.1 Å². The van der Waals surface area contributed by atoms with Crippen LogP contribution in [0.5, 0.6) is 0 Å². The Labute approximate surface area is 152 Å². The molecule has 0 spiro atoms. The fourth-order valence-corrected chi connectivity index (χ4v) is 3.67. The summed E-state index contributed by atoms with van der Waals surface area (Å²) in [5, 5.41) is 1.97. The highest BCUT2D eigenvalue weighted by Gasteiger charge is 2.22. The van der Waals surface area contributed by atoms with E-state index in [0.717, 1.165) is 43.6 Å². The van der Waals surface area contributed by atoms with Gasteiger partial charge in [0.2, 0.25) is 0 Å². The first kappa shape index (κ1) is 17.5. The number of carbonyl (C=O) groups is 2. The first-order valence-electron chi connectivity index (χ1n) is 8.72. The van der Waals surface area contributed by atoms with Gasteiger partial charge in [0.25, 0.3) is 11.8 Å². The van der Waals surface area contributed by atoms with E-state index in [2.05, 4.69) is 4.99 Å². The lowest BCUT2D eigenvalue weighted by Crippen LogP contribution is -2.38. The van der Waals surface area contributed by atoms with Gasteiger partial charge in [-0.15, -0.1) is 11.3 Å². The molecule has 130 valence electrons. The second kappa shape index (κ2) is 8.72. The van der Waals surface area contributed by atoms with Gasteiger partial charge >= 0.3 is 0 Å². The Bertz CT molecular complexity index is 730. The van der Waals surface area contributed by atoms with E-state index in [4.69, 9.17) is 0 Å². The summed E-state index contributed by atoms with van der Waals surface area (Å²) in [6.07, 6.45) is 4.76. The van der Waals surface area contributed by atoms with Crippen LogP contribution in [0.1, 0.15) is 40.9 Å². The molecule has 3 rings (SSSR count). The van der Waals surface area contributed by atoms with Crippen LogP contribution < -0.4 is 0 Å². The fraction of sp³-hybridized carbons (Fsp3) is 0.350. The second-order valence-electron chi connectivity index (χ2n) is 6.19. The average Bonchev–Trinajstić information content (AvgIpc) is 3.00. The number of rotatable bonds is 4. The third-order valence-electron chi connectivity index (χ3n) is 4.32.